The summed E-state index contributed by atoms with van der Waals surface area (Å²) in [5.41, 5.74) is 2.82. The van der Waals surface area contributed by atoms with Crippen LogP contribution in [0, 0.1) is 0 Å². The number of hydrogen-bond acceptors (Lipinski definition) is 2. The van der Waals surface area contributed by atoms with Crippen LogP contribution in [0.2, 0.25) is 0 Å². The molecule has 2 nitrogen and oxygen atoms in total. The number of benzene rings is 3. The summed E-state index contributed by atoms with van der Waals surface area (Å²) in [6.45, 7) is 0.497. The Hall–Kier alpha value is -2.87. The van der Waals surface area contributed by atoms with Crippen LogP contribution in [-0.2, 0) is 13.0 Å². The van der Waals surface area contributed by atoms with Crippen LogP contribution in [0.5, 0.6) is 5.75 Å². The maximum absolute atomic E-state index is 12.3. The molecule has 0 fully saturated rings. The molecule has 0 saturated heterocycles. The van der Waals surface area contributed by atoms with E-state index in [1.54, 1.807) is 0 Å². The van der Waals surface area contributed by atoms with E-state index in [0.29, 0.717) is 13.0 Å². The van der Waals surface area contributed by atoms with Gasteiger partial charge in [-0.3, -0.25) is 4.79 Å². The largest absolute Gasteiger partial charge is 0.489 e. The zero-order valence-corrected chi connectivity index (χ0v) is 12.8. The summed E-state index contributed by atoms with van der Waals surface area (Å²) in [6, 6.07) is 27.1. The van der Waals surface area contributed by atoms with E-state index in [1.165, 1.54) is 0 Å². The Kier molecular flexibility index (Phi) is 4.85. The van der Waals surface area contributed by atoms with Gasteiger partial charge in [-0.2, -0.15) is 0 Å². The van der Waals surface area contributed by atoms with Gasteiger partial charge >= 0.3 is 0 Å². The Bertz CT molecular complexity index is 747. The monoisotopic (exact) mass is 302 g/mol. The van der Waals surface area contributed by atoms with E-state index < -0.39 is 0 Å². The summed E-state index contributed by atoms with van der Waals surface area (Å²) in [7, 11) is 0. The van der Waals surface area contributed by atoms with Crippen LogP contribution in [0.15, 0.2) is 84.9 Å². The molecule has 0 bridgehead atoms. The normalized spacial score (nSPS) is 10.3. The van der Waals surface area contributed by atoms with Crippen LogP contribution in [-0.4, -0.2) is 5.78 Å². The lowest BCUT2D eigenvalue weighted by atomic mass is 10.0. The predicted molar refractivity (Wildman–Crippen MR) is 91.7 cm³/mol. The van der Waals surface area contributed by atoms with Crippen LogP contribution >= 0.6 is 0 Å². The number of carbonyl (C=O) groups excluding carboxylic acids is 1. The molecule has 0 radical (unpaired) electrons. The van der Waals surface area contributed by atoms with Gasteiger partial charge in [0.15, 0.2) is 5.78 Å². The molecular formula is C21H18O2. The van der Waals surface area contributed by atoms with Gasteiger partial charge in [-0.05, 0) is 23.3 Å². The lowest BCUT2D eigenvalue weighted by molar-refractivity contribution is 0.0993. The fourth-order valence-electron chi connectivity index (χ4n) is 2.35. The van der Waals surface area contributed by atoms with Crippen LogP contribution in [0.3, 0.4) is 0 Å². The van der Waals surface area contributed by atoms with Crippen molar-refractivity contribution in [2.75, 3.05) is 0 Å². The van der Waals surface area contributed by atoms with E-state index in [2.05, 4.69) is 0 Å². The quantitative estimate of drug-likeness (QED) is 0.617. The van der Waals surface area contributed by atoms with Crippen molar-refractivity contribution in [1.82, 2.24) is 0 Å². The van der Waals surface area contributed by atoms with Crippen LogP contribution in [0.4, 0.5) is 0 Å². The molecule has 0 aliphatic carbocycles. The first kappa shape index (κ1) is 15.0. The molecule has 114 valence electrons. The number of ketones is 1. The zero-order chi connectivity index (χ0) is 15.9. The van der Waals surface area contributed by atoms with Gasteiger partial charge in [0.1, 0.15) is 12.4 Å². The molecular weight excluding hydrogens is 284 g/mol. The fraction of sp³-hybridized carbons (Fsp3) is 0.0952. The number of ether oxygens (including phenoxy) is 1. The maximum Gasteiger partial charge on any atom is 0.167 e. The Morgan fingerprint density at radius 1 is 0.696 bits per heavy atom. The molecule has 0 aliphatic heterocycles. The number of rotatable bonds is 6. The standard InChI is InChI=1S/C21H18O2/c22-21(15-17-7-3-1-4-8-17)19-13-11-18(12-14-19)16-23-20-9-5-2-6-10-20/h1-14H,15-16H2. The molecule has 0 atom stereocenters. The van der Waals surface area contributed by atoms with Crippen molar-refractivity contribution >= 4 is 5.78 Å². The first-order valence-electron chi connectivity index (χ1n) is 7.65. The molecule has 0 aliphatic rings. The van der Waals surface area contributed by atoms with Gasteiger partial charge in [0, 0.05) is 12.0 Å². The number of hydrogen-bond donors (Lipinski definition) is 0. The second-order valence-electron chi connectivity index (χ2n) is 5.38. The highest BCUT2D eigenvalue weighted by Gasteiger charge is 2.07. The third-order valence-corrected chi connectivity index (χ3v) is 3.63. The average molecular weight is 302 g/mol. The predicted octanol–water partition coefficient (Wildman–Crippen LogP) is 4.69. The lowest BCUT2D eigenvalue weighted by Gasteiger charge is -2.07. The van der Waals surface area contributed by atoms with E-state index in [-0.39, 0.29) is 5.78 Å². The second-order valence-corrected chi connectivity index (χ2v) is 5.38. The van der Waals surface area contributed by atoms with Crippen molar-refractivity contribution < 1.29 is 9.53 Å². The SMILES string of the molecule is O=C(Cc1ccccc1)c1ccc(COc2ccccc2)cc1. The van der Waals surface area contributed by atoms with Crippen molar-refractivity contribution in [3.05, 3.63) is 102 Å². The highest BCUT2D eigenvalue weighted by molar-refractivity contribution is 5.97. The Morgan fingerprint density at radius 3 is 1.96 bits per heavy atom. The third kappa shape index (κ3) is 4.30. The van der Waals surface area contributed by atoms with Gasteiger partial charge in [-0.15, -0.1) is 0 Å². The van der Waals surface area contributed by atoms with Gasteiger partial charge in [-0.1, -0.05) is 72.8 Å². The van der Waals surface area contributed by atoms with Crippen molar-refractivity contribution in [2.24, 2.45) is 0 Å². The molecule has 3 aromatic carbocycles. The molecule has 0 heterocycles. The lowest BCUT2D eigenvalue weighted by Crippen LogP contribution is -2.04. The summed E-state index contributed by atoms with van der Waals surface area (Å²) >= 11 is 0. The van der Waals surface area contributed by atoms with E-state index >= 15 is 0 Å². The topological polar surface area (TPSA) is 26.3 Å². The van der Waals surface area contributed by atoms with Gasteiger partial charge in [0.2, 0.25) is 0 Å². The first-order chi connectivity index (χ1) is 11.3. The van der Waals surface area contributed by atoms with Crippen LogP contribution in [0.1, 0.15) is 21.5 Å². The van der Waals surface area contributed by atoms with E-state index in [1.807, 2.05) is 84.9 Å². The van der Waals surface area contributed by atoms with Crippen LogP contribution < -0.4 is 4.74 Å². The molecule has 3 rings (SSSR count). The smallest absolute Gasteiger partial charge is 0.167 e. The molecule has 0 aromatic heterocycles. The van der Waals surface area contributed by atoms with Crippen LogP contribution in [0.25, 0.3) is 0 Å². The molecule has 0 saturated carbocycles. The number of carbonyl (C=O) groups is 1. The number of para-hydroxylation sites is 1. The molecule has 23 heavy (non-hydrogen) atoms. The Morgan fingerprint density at radius 2 is 1.30 bits per heavy atom. The van der Waals surface area contributed by atoms with Crippen molar-refractivity contribution in [1.29, 1.82) is 0 Å². The summed E-state index contributed by atoms with van der Waals surface area (Å²) < 4.78 is 5.70. The summed E-state index contributed by atoms with van der Waals surface area (Å²) in [4.78, 5) is 12.3. The maximum atomic E-state index is 12.3. The minimum atomic E-state index is 0.131. The molecule has 2 heteroatoms. The highest BCUT2D eigenvalue weighted by atomic mass is 16.5. The molecule has 3 aromatic rings. The summed E-state index contributed by atoms with van der Waals surface area (Å²) in [5, 5.41) is 0. The second kappa shape index (κ2) is 7.41. The van der Waals surface area contributed by atoms with E-state index in [0.717, 1.165) is 22.4 Å². The molecule has 0 N–H and O–H groups in total. The minimum Gasteiger partial charge on any atom is -0.489 e. The summed E-state index contributed by atoms with van der Waals surface area (Å²) in [5.74, 6) is 0.975. The Balaban J connectivity index is 1.59. The Labute approximate surface area is 136 Å². The minimum absolute atomic E-state index is 0.131. The van der Waals surface area contributed by atoms with Gasteiger partial charge in [0.05, 0.1) is 0 Å². The molecule has 0 spiro atoms. The number of Topliss-reactive ketones (excluding diaryl/α,β-unsaturated/α-hetero) is 1. The first-order valence-corrected chi connectivity index (χ1v) is 7.65. The van der Waals surface area contributed by atoms with Gasteiger partial charge in [0.25, 0.3) is 0 Å². The summed E-state index contributed by atoms with van der Waals surface area (Å²) in [6.07, 6.45) is 0.431. The van der Waals surface area contributed by atoms with E-state index in [9.17, 15) is 4.79 Å². The van der Waals surface area contributed by atoms with Gasteiger partial charge in [-0.25, -0.2) is 0 Å². The fourth-order valence-corrected chi connectivity index (χ4v) is 2.35. The molecule has 0 unspecified atom stereocenters. The average Bonchev–Trinajstić information content (AvgIpc) is 2.62. The van der Waals surface area contributed by atoms with Crippen molar-refractivity contribution in [3.8, 4) is 5.75 Å². The van der Waals surface area contributed by atoms with Crippen molar-refractivity contribution in [3.63, 3.8) is 0 Å². The highest BCUT2D eigenvalue weighted by Crippen LogP contribution is 2.13. The molecule has 0 amide bonds. The zero-order valence-electron chi connectivity index (χ0n) is 12.8. The van der Waals surface area contributed by atoms with Gasteiger partial charge < -0.3 is 4.74 Å². The van der Waals surface area contributed by atoms with Crippen molar-refractivity contribution in [2.45, 2.75) is 13.0 Å². The third-order valence-electron chi connectivity index (χ3n) is 3.63. The van der Waals surface area contributed by atoms with E-state index in [4.69, 9.17) is 4.74 Å².